The number of rotatable bonds is 2. The monoisotopic (exact) mass is 271 g/mol. The van der Waals surface area contributed by atoms with E-state index in [2.05, 4.69) is 14.8 Å². The number of hydrogen-bond acceptors (Lipinski definition) is 4. The highest BCUT2D eigenvalue weighted by Crippen LogP contribution is 2.25. The Kier molecular flexibility index (Phi) is 3.50. The van der Waals surface area contributed by atoms with Crippen LogP contribution in [0.4, 0.5) is 0 Å². The molecule has 1 aliphatic rings. The van der Waals surface area contributed by atoms with Crippen molar-refractivity contribution < 1.29 is 9.53 Å². The summed E-state index contributed by atoms with van der Waals surface area (Å²) in [4.78, 5) is 11.7. The lowest BCUT2D eigenvalue weighted by molar-refractivity contribution is -0.145. The van der Waals surface area contributed by atoms with Crippen LogP contribution in [-0.2, 0) is 22.5 Å². The highest BCUT2D eigenvalue weighted by Gasteiger charge is 2.25. The number of aryl methyl sites for hydroxylation is 1. The van der Waals surface area contributed by atoms with Gasteiger partial charge in [0.1, 0.15) is 5.82 Å². The van der Waals surface area contributed by atoms with Crippen molar-refractivity contribution in [3.8, 4) is 11.4 Å². The lowest BCUT2D eigenvalue weighted by Gasteiger charge is -2.11. The molecule has 0 bridgehead atoms. The molecule has 20 heavy (non-hydrogen) atoms. The quantitative estimate of drug-likeness (QED) is 0.785. The first-order chi connectivity index (χ1) is 9.79. The van der Waals surface area contributed by atoms with E-state index in [0.717, 1.165) is 43.0 Å². The third kappa shape index (κ3) is 2.31. The lowest BCUT2D eigenvalue weighted by atomic mass is 10.0. The Morgan fingerprint density at radius 2 is 2.05 bits per heavy atom. The predicted molar refractivity (Wildman–Crippen MR) is 73.9 cm³/mol. The predicted octanol–water partition coefficient (Wildman–Crippen LogP) is 2.07. The van der Waals surface area contributed by atoms with Crippen LogP contribution in [0, 0.1) is 5.92 Å². The van der Waals surface area contributed by atoms with Crippen molar-refractivity contribution in [1.29, 1.82) is 0 Å². The number of ether oxygens (including phenoxy) is 1. The van der Waals surface area contributed by atoms with E-state index in [1.807, 2.05) is 30.3 Å². The van der Waals surface area contributed by atoms with E-state index in [0.29, 0.717) is 0 Å². The third-order valence-electron chi connectivity index (χ3n) is 3.81. The number of carbonyl (C=O) groups is 1. The van der Waals surface area contributed by atoms with Crippen molar-refractivity contribution in [3.63, 3.8) is 0 Å². The molecule has 0 amide bonds. The number of carbonyl (C=O) groups excluding carboxylic acids is 1. The molecule has 0 saturated heterocycles. The van der Waals surface area contributed by atoms with Gasteiger partial charge in [-0.2, -0.15) is 0 Å². The Balaban J connectivity index is 1.88. The Morgan fingerprint density at radius 3 is 2.80 bits per heavy atom. The van der Waals surface area contributed by atoms with E-state index in [1.165, 1.54) is 7.11 Å². The molecule has 1 atom stereocenters. The van der Waals surface area contributed by atoms with Gasteiger partial charge in [0.05, 0.1) is 13.0 Å². The van der Waals surface area contributed by atoms with Gasteiger partial charge in [-0.15, -0.1) is 10.2 Å². The van der Waals surface area contributed by atoms with Gasteiger partial charge in [-0.3, -0.25) is 4.79 Å². The van der Waals surface area contributed by atoms with E-state index < -0.39 is 0 Å². The lowest BCUT2D eigenvalue weighted by Crippen LogP contribution is -2.16. The summed E-state index contributed by atoms with van der Waals surface area (Å²) in [7, 11) is 1.45. The molecule has 0 spiro atoms. The minimum Gasteiger partial charge on any atom is -0.469 e. The van der Waals surface area contributed by atoms with E-state index in [1.54, 1.807) is 0 Å². The van der Waals surface area contributed by atoms with Crippen LogP contribution in [0.5, 0.6) is 0 Å². The van der Waals surface area contributed by atoms with Crippen LogP contribution in [0.15, 0.2) is 30.3 Å². The van der Waals surface area contributed by atoms with Crippen molar-refractivity contribution >= 4 is 5.97 Å². The van der Waals surface area contributed by atoms with Crippen molar-refractivity contribution in [3.05, 3.63) is 36.2 Å². The Morgan fingerprint density at radius 1 is 1.25 bits per heavy atom. The standard InChI is InChI=1S/C15H17N3O2/c1-20-15(19)12-7-8-13-16-17-14(18(13)10-9-12)11-5-3-2-4-6-11/h2-6,12H,7-10H2,1H3. The van der Waals surface area contributed by atoms with Crippen LogP contribution in [0.25, 0.3) is 11.4 Å². The van der Waals surface area contributed by atoms with E-state index >= 15 is 0 Å². The highest BCUT2D eigenvalue weighted by molar-refractivity contribution is 5.72. The first-order valence-corrected chi connectivity index (χ1v) is 6.85. The van der Waals surface area contributed by atoms with Gasteiger partial charge >= 0.3 is 5.97 Å². The summed E-state index contributed by atoms with van der Waals surface area (Å²) in [5, 5.41) is 8.57. The second kappa shape index (κ2) is 5.45. The van der Waals surface area contributed by atoms with Crippen molar-refractivity contribution in [2.75, 3.05) is 7.11 Å². The number of nitrogens with zero attached hydrogens (tertiary/aromatic N) is 3. The van der Waals surface area contributed by atoms with Crippen LogP contribution in [-0.4, -0.2) is 27.8 Å². The minimum absolute atomic E-state index is 0.0367. The van der Waals surface area contributed by atoms with E-state index in [9.17, 15) is 4.79 Å². The zero-order valence-corrected chi connectivity index (χ0v) is 11.5. The Labute approximate surface area is 117 Å². The maximum absolute atomic E-state index is 11.7. The first-order valence-electron chi connectivity index (χ1n) is 6.85. The summed E-state index contributed by atoms with van der Waals surface area (Å²) < 4.78 is 6.97. The molecule has 1 aromatic heterocycles. The van der Waals surface area contributed by atoms with Crippen LogP contribution in [0.1, 0.15) is 18.7 Å². The van der Waals surface area contributed by atoms with Gasteiger partial charge in [0.25, 0.3) is 0 Å². The Hall–Kier alpha value is -2.17. The zero-order chi connectivity index (χ0) is 13.9. The fourth-order valence-corrected chi connectivity index (χ4v) is 2.69. The number of hydrogen-bond donors (Lipinski definition) is 0. The molecule has 0 N–H and O–H groups in total. The molecule has 5 nitrogen and oxygen atoms in total. The maximum atomic E-state index is 11.7. The van der Waals surface area contributed by atoms with Crippen LogP contribution in [0.3, 0.4) is 0 Å². The molecule has 1 aromatic carbocycles. The SMILES string of the molecule is COC(=O)C1CCc2nnc(-c3ccccc3)n2CC1. The highest BCUT2D eigenvalue weighted by atomic mass is 16.5. The fourth-order valence-electron chi connectivity index (χ4n) is 2.69. The van der Waals surface area contributed by atoms with Gasteiger partial charge < -0.3 is 9.30 Å². The summed E-state index contributed by atoms with van der Waals surface area (Å²) >= 11 is 0. The largest absolute Gasteiger partial charge is 0.469 e. The number of fused-ring (bicyclic) bond motifs is 1. The normalized spacial score (nSPS) is 18.1. The van der Waals surface area contributed by atoms with Crippen LogP contribution >= 0.6 is 0 Å². The van der Waals surface area contributed by atoms with Gasteiger partial charge in [-0.1, -0.05) is 30.3 Å². The molecule has 5 heteroatoms. The van der Waals surface area contributed by atoms with Gasteiger partial charge in [0.15, 0.2) is 5.82 Å². The molecule has 1 unspecified atom stereocenters. The number of aromatic nitrogens is 3. The fraction of sp³-hybridized carbons (Fsp3) is 0.400. The number of benzene rings is 1. The smallest absolute Gasteiger partial charge is 0.308 e. The summed E-state index contributed by atoms with van der Waals surface area (Å²) in [6.07, 6.45) is 2.32. The minimum atomic E-state index is -0.120. The summed E-state index contributed by atoms with van der Waals surface area (Å²) in [6.45, 7) is 0.756. The maximum Gasteiger partial charge on any atom is 0.308 e. The van der Waals surface area contributed by atoms with Crippen molar-refractivity contribution in [2.24, 2.45) is 5.92 Å². The average molecular weight is 271 g/mol. The molecule has 0 fully saturated rings. The summed E-state index contributed by atoms with van der Waals surface area (Å²) in [5.41, 5.74) is 1.06. The van der Waals surface area contributed by atoms with Crippen molar-refractivity contribution in [1.82, 2.24) is 14.8 Å². The zero-order valence-electron chi connectivity index (χ0n) is 11.5. The molecular weight excluding hydrogens is 254 g/mol. The molecular formula is C15H17N3O2. The van der Waals surface area contributed by atoms with Gasteiger partial charge in [0, 0.05) is 18.5 Å². The molecule has 1 aliphatic heterocycles. The van der Waals surface area contributed by atoms with Gasteiger partial charge in [0.2, 0.25) is 0 Å². The van der Waals surface area contributed by atoms with Gasteiger partial charge in [-0.25, -0.2) is 0 Å². The third-order valence-corrected chi connectivity index (χ3v) is 3.81. The molecule has 104 valence electrons. The second-order valence-electron chi connectivity index (χ2n) is 5.00. The molecule has 0 saturated carbocycles. The topological polar surface area (TPSA) is 57.0 Å². The summed E-state index contributed by atoms with van der Waals surface area (Å²) in [5.74, 6) is 1.68. The van der Waals surface area contributed by atoms with E-state index in [-0.39, 0.29) is 11.9 Å². The van der Waals surface area contributed by atoms with Crippen LogP contribution < -0.4 is 0 Å². The number of methoxy groups -OCH3 is 1. The molecule has 2 aromatic rings. The second-order valence-corrected chi connectivity index (χ2v) is 5.00. The molecule has 2 heterocycles. The molecule has 3 rings (SSSR count). The van der Waals surface area contributed by atoms with Crippen molar-refractivity contribution in [2.45, 2.75) is 25.8 Å². The number of esters is 1. The van der Waals surface area contributed by atoms with E-state index in [4.69, 9.17) is 4.74 Å². The molecule has 0 radical (unpaired) electrons. The van der Waals surface area contributed by atoms with Gasteiger partial charge in [-0.05, 0) is 12.8 Å². The summed E-state index contributed by atoms with van der Waals surface area (Å²) in [6, 6.07) is 10.0. The molecule has 0 aliphatic carbocycles. The average Bonchev–Trinajstić information content (AvgIpc) is 2.79. The first kappa shape index (κ1) is 12.8. The van der Waals surface area contributed by atoms with Crippen LogP contribution in [0.2, 0.25) is 0 Å². The Bertz CT molecular complexity index is 607.